The first-order valence-electron chi connectivity index (χ1n) is 5.37. The molecular weight excluding hydrogens is 224 g/mol. The van der Waals surface area contributed by atoms with Gasteiger partial charge in [0.05, 0.1) is 7.11 Å². The van der Waals surface area contributed by atoms with Gasteiger partial charge in [-0.25, -0.2) is 0 Å². The van der Waals surface area contributed by atoms with E-state index in [9.17, 15) is 19.2 Å². The second-order valence-electron chi connectivity index (χ2n) is 5.03. The zero-order valence-electron chi connectivity index (χ0n) is 10.4. The van der Waals surface area contributed by atoms with Crippen molar-refractivity contribution in [1.29, 1.82) is 0 Å². The maximum absolute atomic E-state index is 12.1. The van der Waals surface area contributed by atoms with Crippen LogP contribution in [-0.2, 0) is 23.9 Å². The molecule has 5 nitrogen and oxygen atoms in total. The molecule has 0 heterocycles. The summed E-state index contributed by atoms with van der Waals surface area (Å²) in [6.07, 6.45) is 0.0305. The first-order chi connectivity index (χ1) is 7.72. The van der Waals surface area contributed by atoms with Gasteiger partial charge in [-0.05, 0) is 12.3 Å². The first kappa shape index (κ1) is 13.5. The molecule has 0 unspecified atom stereocenters. The minimum absolute atomic E-state index is 0.0305. The van der Waals surface area contributed by atoms with Crippen LogP contribution in [0.4, 0.5) is 0 Å². The van der Waals surface area contributed by atoms with Crippen molar-refractivity contribution in [1.82, 2.24) is 0 Å². The maximum Gasteiger partial charge on any atom is 0.316 e. The van der Waals surface area contributed by atoms with E-state index in [4.69, 9.17) is 0 Å². The third-order valence-electron chi connectivity index (χ3n) is 3.15. The molecule has 1 fully saturated rings. The molecule has 2 atom stereocenters. The molecule has 0 aromatic carbocycles. The predicted molar refractivity (Wildman–Crippen MR) is 58.1 cm³/mol. The highest BCUT2D eigenvalue weighted by atomic mass is 16.5. The summed E-state index contributed by atoms with van der Waals surface area (Å²) in [5, 5.41) is 0. The van der Waals surface area contributed by atoms with Crippen LogP contribution in [0.1, 0.15) is 27.2 Å². The Morgan fingerprint density at radius 2 is 1.82 bits per heavy atom. The number of carbonyl (C=O) groups is 4. The molecule has 0 saturated heterocycles. The van der Waals surface area contributed by atoms with Crippen molar-refractivity contribution in [3.8, 4) is 0 Å². The molecule has 0 spiro atoms. The van der Waals surface area contributed by atoms with E-state index < -0.39 is 40.6 Å². The Labute approximate surface area is 99.5 Å². The SMILES string of the molecule is COC(=O)[C@H]1C(=O)[C@@H](C(C)=O)C(=O)CC1(C)C. The van der Waals surface area contributed by atoms with Crippen LogP contribution >= 0.6 is 0 Å². The fraction of sp³-hybridized carbons (Fsp3) is 0.667. The van der Waals surface area contributed by atoms with Crippen LogP contribution in [0.25, 0.3) is 0 Å². The molecular formula is C12H16O5. The Bertz CT molecular complexity index is 394. The molecule has 0 bridgehead atoms. The lowest BCUT2D eigenvalue weighted by Crippen LogP contribution is -2.51. The average molecular weight is 240 g/mol. The molecule has 0 N–H and O–H groups in total. The minimum Gasteiger partial charge on any atom is -0.468 e. The first-order valence-corrected chi connectivity index (χ1v) is 5.37. The van der Waals surface area contributed by atoms with E-state index in [-0.39, 0.29) is 6.42 Å². The molecule has 94 valence electrons. The number of ether oxygens (including phenoxy) is 1. The number of rotatable bonds is 2. The molecule has 0 aliphatic heterocycles. The third kappa shape index (κ3) is 2.28. The lowest BCUT2D eigenvalue weighted by Gasteiger charge is -2.37. The summed E-state index contributed by atoms with van der Waals surface area (Å²) in [7, 11) is 1.19. The van der Waals surface area contributed by atoms with Gasteiger partial charge in [0.1, 0.15) is 17.6 Å². The van der Waals surface area contributed by atoms with E-state index >= 15 is 0 Å². The molecule has 1 rings (SSSR count). The highest BCUT2D eigenvalue weighted by Crippen LogP contribution is 2.40. The monoisotopic (exact) mass is 240 g/mol. The summed E-state index contributed by atoms with van der Waals surface area (Å²) in [6.45, 7) is 4.49. The fourth-order valence-electron chi connectivity index (χ4n) is 2.34. The van der Waals surface area contributed by atoms with Gasteiger partial charge in [-0.2, -0.15) is 0 Å². The number of hydrogen-bond acceptors (Lipinski definition) is 5. The van der Waals surface area contributed by atoms with Crippen molar-refractivity contribution in [2.45, 2.75) is 27.2 Å². The third-order valence-corrected chi connectivity index (χ3v) is 3.15. The van der Waals surface area contributed by atoms with E-state index in [1.54, 1.807) is 13.8 Å². The van der Waals surface area contributed by atoms with Crippen LogP contribution in [0.15, 0.2) is 0 Å². The summed E-state index contributed by atoms with van der Waals surface area (Å²) < 4.78 is 4.58. The Hall–Kier alpha value is -1.52. The summed E-state index contributed by atoms with van der Waals surface area (Å²) >= 11 is 0. The number of esters is 1. The lowest BCUT2D eigenvalue weighted by molar-refractivity contribution is -0.161. The molecule has 0 amide bonds. The number of ketones is 3. The Kier molecular flexibility index (Phi) is 3.50. The molecule has 1 saturated carbocycles. The van der Waals surface area contributed by atoms with Crippen molar-refractivity contribution < 1.29 is 23.9 Å². The van der Waals surface area contributed by atoms with Gasteiger partial charge in [-0.15, -0.1) is 0 Å². The number of carbonyl (C=O) groups excluding carboxylic acids is 4. The Balaban J connectivity index is 3.18. The highest BCUT2D eigenvalue weighted by molar-refractivity contribution is 6.24. The molecule has 0 aromatic rings. The number of Topliss-reactive ketones (excluding diaryl/α,β-unsaturated/α-hetero) is 3. The topological polar surface area (TPSA) is 77.5 Å². The van der Waals surface area contributed by atoms with Crippen LogP contribution in [0.3, 0.4) is 0 Å². The van der Waals surface area contributed by atoms with Crippen molar-refractivity contribution in [3.63, 3.8) is 0 Å². The van der Waals surface area contributed by atoms with Gasteiger partial charge in [-0.3, -0.25) is 19.2 Å². The van der Waals surface area contributed by atoms with Gasteiger partial charge in [0.2, 0.25) is 0 Å². The van der Waals surface area contributed by atoms with E-state index in [0.29, 0.717) is 0 Å². The zero-order valence-corrected chi connectivity index (χ0v) is 10.4. The normalized spacial score (nSPS) is 27.8. The quantitative estimate of drug-likeness (QED) is 0.520. The van der Waals surface area contributed by atoms with Crippen LogP contribution in [0, 0.1) is 17.3 Å². The lowest BCUT2D eigenvalue weighted by atomic mass is 9.63. The van der Waals surface area contributed by atoms with E-state index in [2.05, 4.69) is 4.74 Å². The zero-order chi connectivity index (χ0) is 13.4. The van der Waals surface area contributed by atoms with Crippen molar-refractivity contribution in [3.05, 3.63) is 0 Å². The van der Waals surface area contributed by atoms with E-state index in [0.717, 1.165) is 0 Å². The minimum atomic E-state index is -1.30. The average Bonchev–Trinajstić information content (AvgIpc) is 2.13. The molecule has 0 aromatic heterocycles. The second-order valence-corrected chi connectivity index (χ2v) is 5.03. The molecule has 0 radical (unpaired) electrons. The smallest absolute Gasteiger partial charge is 0.316 e. The Morgan fingerprint density at radius 3 is 2.24 bits per heavy atom. The standard InChI is InChI=1S/C12H16O5/c1-6(13)8-7(14)5-12(2,3)9(10(8)15)11(16)17-4/h8-9H,5H2,1-4H3/t8-,9+/m0/s1. The largest absolute Gasteiger partial charge is 0.468 e. The van der Waals surface area contributed by atoms with Crippen molar-refractivity contribution >= 4 is 23.3 Å². The summed E-state index contributed by atoms with van der Waals surface area (Å²) in [5.41, 5.74) is -0.798. The van der Waals surface area contributed by atoms with Crippen LogP contribution in [0.5, 0.6) is 0 Å². The van der Waals surface area contributed by atoms with Crippen molar-refractivity contribution in [2.24, 2.45) is 17.3 Å². The fourth-order valence-corrected chi connectivity index (χ4v) is 2.34. The molecule has 17 heavy (non-hydrogen) atoms. The van der Waals surface area contributed by atoms with E-state index in [1.807, 2.05) is 0 Å². The van der Waals surface area contributed by atoms with Crippen LogP contribution in [0.2, 0.25) is 0 Å². The van der Waals surface area contributed by atoms with Gasteiger partial charge in [0, 0.05) is 6.42 Å². The van der Waals surface area contributed by atoms with E-state index in [1.165, 1.54) is 14.0 Å². The summed E-state index contributed by atoms with van der Waals surface area (Å²) in [4.78, 5) is 46.7. The van der Waals surface area contributed by atoms with Gasteiger partial charge in [0.25, 0.3) is 0 Å². The maximum atomic E-state index is 12.1. The predicted octanol–water partition coefficient (Wildman–Crippen LogP) is 0.549. The van der Waals surface area contributed by atoms with Gasteiger partial charge in [0.15, 0.2) is 11.6 Å². The van der Waals surface area contributed by atoms with Gasteiger partial charge >= 0.3 is 5.97 Å². The molecule has 5 heteroatoms. The number of hydrogen-bond donors (Lipinski definition) is 0. The van der Waals surface area contributed by atoms with Crippen LogP contribution < -0.4 is 0 Å². The number of methoxy groups -OCH3 is 1. The summed E-state index contributed by atoms with van der Waals surface area (Å²) in [5.74, 6) is -4.58. The highest BCUT2D eigenvalue weighted by Gasteiger charge is 2.53. The van der Waals surface area contributed by atoms with Crippen molar-refractivity contribution in [2.75, 3.05) is 7.11 Å². The Morgan fingerprint density at radius 1 is 1.29 bits per heavy atom. The summed E-state index contributed by atoms with van der Waals surface area (Å²) in [6, 6.07) is 0. The van der Waals surface area contributed by atoms with Gasteiger partial charge in [-0.1, -0.05) is 13.8 Å². The molecule has 1 aliphatic rings. The second kappa shape index (κ2) is 4.39. The van der Waals surface area contributed by atoms with Crippen LogP contribution in [-0.4, -0.2) is 30.4 Å². The van der Waals surface area contributed by atoms with Gasteiger partial charge < -0.3 is 4.74 Å². The molecule has 1 aliphatic carbocycles.